The molecule has 48 valence electrons. The summed E-state index contributed by atoms with van der Waals surface area (Å²) >= 11 is 2.88. The van der Waals surface area contributed by atoms with Crippen molar-refractivity contribution < 1.29 is 14.6 Å². The maximum absolute atomic E-state index is 9.96. The first-order valence-electron chi connectivity index (χ1n) is 2.04. The fourth-order valence-electron chi connectivity index (χ4n) is 0.218. The van der Waals surface area contributed by atoms with Crippen LogP contribution in [0.5, 0.6) is 0 Å². The number of hydrogen-bond donors (Lipinski definition) is 1. The van der Waals surface area contributed by atoms with E-state index in [0.29, 0.717) is 0 Å². The molecule has 0 radical (unpaired) electrons. The molecule has 0 aliphatic carbocycles. The number of rotatable bonds is 3. The highest BCUT2D eigenvalue weighted by Gasteiger charge is 2.10. The summed E-state index contributed by atoms with van der Waals surface area (Å²) in [5.41, 5.74) is 0. The second kappa shape index (κ2) is 3.86. The van der Waals surface area contributed by atoms with Gasteiger partial charge in [-0.1, -0.05) is 15.9 Å². The number of alkyl halides is 1. The Hall–Kier alpha value is -0.0900. The van der Waals surface area contributed by atoms with Gasteiger partial charge in [-0.25, -0.2) is 0 Å². The molecule has 0 fully saturated rings. The SMILES string of the molecule is COC[C@H](Br)C(=O)O. The van der Waals surface area contributed by atoms with Crippen molar-refractivity contribution in [3.8, 4) is 0 Å². The first-order valence-corrected chi connectivity index (χ1v) is 2.96. The van der Waals surface area contributed by atoms with Gasteiger partial charge in [0, 0.05) is 7.11 Å². The van der Waals surface area contributed by atoms with E-state index in [0.717, 1.165) is 0 Å². The third-order valence-corrected chi connectivity index (χ3v) is 1.24. The maximum Gasteiger partial charge on any atom is 0.319 e. The number of ether oxygens (including phenoxy) is 1. The molecule has 4 heteroatoms. The molecule has 1 atom stereocenters. The predicted octanol–water partition coefficient (Wildman–Crippen LogP) is 0.481. The summed E-state index contributed by atoms with van der Waals surface area (Å²) in [6.07, 6.45) is 0. The Morgan fingerprint density at radius 1 is 2.00 bits per heavy atom. The van der Waals surface area contributed by atoms with Crippen LogP contribution in [0.3, 0.4) is 0 Å². The predicted molar refractivity (Wildman–Crippen MR) is 32.2 cm³/mol. The van der Waals surface area contributed by atoms with Gasteiger partial charge in [-0.2, -0.15) is 0 Å². The van der Waals surface area contributed by atoms with Gasteiger partial charge in [0.2, 0.25) is 0 Å². The molecule has 0 bridgehead atoms. The molecule has 0 amide bonds. The van der Waals surface area contributed by atoms with Crippen LogP contribution in [0.1, 0.15) is 0 Å². The van der Waals surface area contributed by atoms with E-state index in [4.69, 9.17) is 5.11 Å². The summed E-state index contributed by atoms with van der Waals surface area (Å²) in [5.74, 6) is -0.896. The summed E-state index contributed by atoms with van der Waals surface area (Å²) < 4.78 is 4.54. The normalized spacial score (nSPS) is 13.2. The average Bonchev–Trinajstić information content (AvgIpc) is 1.67. The lowest BCUT2D eigenvalue weighted by Crippen LogP contribution is -2.17. The Morgan fingerprint density at radius 3 is 2.62 bits per heavy atom. The molecule has 0 aliphatic rings. The van der Waals surface area contributed by atoms with Crippen molar-refractivity contribution in [2.24, 2.45) is 0 Å². The lowest BCUT2D eigenvalue weighted by molar-refractivity contribution is -0.137. The number of carboxylic acids is 1. The van der Waals surface area contributed by atoms with Gasteiger partial charge in [0.25, 0.3) is 0 Å². The van der Waals surface area contributed by atoms with Crippen LogP contribution in [0.4, 0.5) is 0 Å². The van der Waals surface area contributed by atoms with Crippen LogP contribution in [-0.2, 0) is 9.53 Å². The van der Waals surface area contributed by atoms with Gasteiger partial charge in [0.1, 0.15) is 4.83 Å². The van der Waals surface area contributed by atoms with E-state index in [9.17, 15) is 4.79 Å². The van der Waals surface area contributed by atoms with Crippen molar-refractivity contribution in [3.05, 3.63) is 0 Å². The highest BCUT2D eigenvalue weighted by molar-refractivity contribution is 9.10. The molecule has 1 N–H and O–H groups in total. The minimum Gasteiger partial charge on any atom is -0.480 e. The number of carboxylic acid groups (broad SMARTS) is 1. The van der Waals surface area contributed by atoms with E-state index in [1.54, 1.807) is 0 Å². The van der Waals surface area contributed by atoms with Crippen molar-refractivity contribution in [3.63, 3.8) is 0 Å². The zero-order valence-corrected chi connectivity index (χ0v) is 6.01. The molecule has 3 nitrogen and oxygen atoms in total. The Bertz CT molecular complexity index is 83.4. The average molecular weight is 183 g/mol. The molecular weight excluding hydrogens is 176 g/mol. The van der Waals surface area contributed by atoms with E-state index in [1.165, 1.54) is 7.11 Å². The zero-order chi connectivity index (χ0) is 6.57. The number of methoxy groups -OCH3 is 1. The fourth-order valence-corrected chi connectivity index (χ4v) is 0.482. The summed E-state index contributed by atoms with van der Waals surface area (Å²) in [7, 11) is 1.46. The first-order chi connectivity index (χ1) is 3.68. The number of aliphatic carboxylic acids is 1. The molecule has 0 unspecified atom stereocenters. The maximum atomic E-state index is 9.96. The molecule has 0 spiro atoms. The smallest absolute Gasteiger partial charge is 0.319 e. The lowest BCUT2D eigenvalue weighted by Gasteiger charge is -1.99. The van der Waals surface area contributed by atoms with Crippen molar-refractivity contribution in [2.45, 2.75) is 4.83 Å². The molecule has 0 rings (SSSR count). The summed E-state index contributed by atoms with van der Waals surface area (Å²) in [6, 6.07) is 0. The minimum atomic E-state index is -0.896. The van der Waals surface area contributed by atoms with Gasteiger partial charge in [0.15, 0.2) is 0 Å². The highest BCUT2D eigenvalue weighted by atomic mass is 79.9. The minimum absolute atomic E-state index is 0.204. The number of hydrogen-bond acceptors (Lipinski definition) is 2. The van der Waals surface area contributed by atoms with Gasteiger partial charge in [-0.3, -0.25) is 4.79 Å². The standard InChI is InChI=1S/C4H7BrO3/c1-8-2-3(5)4(6)7/h3H,2H2,1H3,(H,6,7)/t3-/m0/s1. The van der Waals surface area contributed by atoms with Gasteiger partial charge < -0.3 is 9.84 Å². The Labute approximate surface area is 55.8 Å². The van der Waals surface area contributed by atoms with Gasteiger partial charge in [-0.05, 0) is 0 Å². The largest absolute Gasteiger partial charge is 0.480 e. The van der Waals surface area contributed by atoms with E-state index in [-0.39, 0.29) is 6.61 Å². The van der Waals surface area contributed by atoms with E-state index < -0.39 is 10.8 Å². The van der Waals surface area contributed by atoms with Gasteiger partial charge >= 0.3 is 5.97 Å². The zero-order valence-electron chi connectivity index (χ0n) is 4.43. The fraction of sp³-hybridized carbons (Fsp3) is 0.750. The third kappa shape index (κ3) is 2.98. The van der Waals surface area contributed by atoms with E-state index >= 15 is 0 Å². The van der Waals surface area contributed by atoms with Crippen LogP contribution in [0, 0.1) is 0 Å². The summed E-state index contributed by atoms with van der Waals surface area (Å²) in [6.45, 7) is 0.204. The molecular formula is C4H7BrO3. The molecule has 0 aromatic carbocycles. The Balaban J connectivity index is 3.32. The number of halogens is 1. The molecule has 0 aliphatic heterocycles. The van der Waals surface area contributed by atoms with Gasteiger partial charge in [-0.15, -0.1) is 0 Å². The van der Waals surface area contributed by atoms with Crippen molar-refractivity contribution in [1.29, 1.82) is 0 Å². The van der Waals surface area contributed by atoms with E-state index in [2.05, 4.69) is 20.7 Å². The highest BCUT2D eigenvalue weighted by Crippen LogP contribution is 1.97. The second-order valence-electron chi connectivity index (χ2n) is 1.26. The Morgan fingerprint density at radius 2 is 2.50 bits per heavy atom. The van der Waals surface area contributed by atoms with Crippen LogP contribution in [0.25, 0.3) is 0 Å². The summed E-state index contributed by atoms with van der Waals surface area (Å²) in [4.78, 5) is 9.39. The third-order valence-electron chi connectivity index (χ3n) is 0.581. The van der Waals surface area contributed by atoms with Crippen LogP contribution in [0.15, 0.2) is 0 Å². The number of carbonyl (C=O) groups is 1. The van der Waals surface area contributed by atoms with Crippen molar-refractivity contribution in [2.75, 3.05) is 13.7 Å². The van der Waals surface area contributed by atoms with Crippen LogP contribution < -0.4 is 0 Å². The molecule has 0 heterocycles. The topological polar surface area (TPSA) is 46.5 Å². The van der Waals surface area contributed by atoms with Crippen LogP contribution >= 0.6 is 15.9 Å². The second-order valence-corrected chi connectivity index (χ2v) is 2.37. The van der Waals surface area contributed by atoms with Crippen molar-refractivity contribution in [1.82, 2.24) is 0 Å². The monoisotopic (exact) mass is 182 g/mol. The molecule has 0 aromatic rings. The van der Waals surface area contributed by atoms with E-state index in [1.807, 2.05) is 0 Å². The van der Waals surface area contributed by atoms with Crippen LogP contribution in [-0.4, -0.2) is 29.6 Å². The molecule has 0 aromatic heterocycles. The van der Waals surface area contributed by atoms with Crippen molar-refractivity contribution >= 4 is 21.9 Å². The van der Waals surface area contributed by atoms with Crippen LogP contribution in [0.2, 0.25) is 0 Å². The Kier molecular flexibility index (Phi) is 3.81. The van der Waals surface area contributed by atoms with Gasteiger partial charge in [0.05, 0.1) is 6.61 Å². The summed E-state index contributed by atoms with van der Waals surface area (Å²) in [5, 5.41) is 8.19. The first kappa shape index (κ1) is 7.91. The quantitative estimate of drug-likeness (QED) is 0.647. The molecule has 0 saturated heterocycles. The molecule has 8 heavy (non-hydrogen) atoms. The molecule has 0 saturated carbocycles. The lowest BCUT2D eigenvalue weighted by atomic mass is 10.5.